The van der Waals surface area contributed by atoms with Crippen molar-refractivity contribution in [1.82, 2.24) is 14.6 Å². The van der Waals surface area contributed by atoms with Gasteiger partial charge in [-0.1, -0.05) is 6.92 Å². The van der Waals surface area contributed by atoms with Gasteiger partial charge in [-0.15, -0.1) is 0 Å². The van der Waals surface area contributed by atoms with Crippen LogP contribution in [0.2, 0.25) is 0 Å². The van der Waals surface area contributed by atoms with Gasteiger partial charge in [-0.2, -0.15) is 0 Å². The Hall–Kier alpha value is -1.67. The first kappa shape index (κ1) is 17.4. The standard InChI is InChI=1S/C13H21N3O4S/c1-4-16(21(3,19)20)7-5-6-14-13(18)12-8-11(9-15-12)10(2)17/h8-9,15H,4-7H2,1-3H3,(H,14,18). The van der Waals surface area contributed by atoms with Gasteiger partial charge in [0.05, 0.1) is 6.26 Å². The van der Waals surface area contributed by atoms with Crippen molar-refractivity contribution in [2.75, 3.05) is 25.9 Å². The molecule has 0 atom stereocenters. The molecule has 0 aromatic carbocycles. The molecule has 8 heteroatoms. The molecule has 1 aromatic rings. The molecule has 118 valence electrons. The number of nitrogens with one attached hydrogen (secondary N) is 2. The van der Waals surface area contributed by atoms with E-state index in [1.54, 1.807) is 6.92 Å². The van der Waals surface area contributed by atoms with E-state index in [1.165, 1.54) is 23.5 Å². The quantitative estimate of drug-likeness (QED) is 0.542. The van der Waals surface area contributed by atoms with Crippen LogP contribution in [0.25, 0.3) is 0 Å². The van der Waals surface area contributed by atoms with E-state index < -0.39 is 10.0 Å². The number of aromatic amines is 1. The summed E-state index contributed by atoms with van der Waals surface area (Å²) in [5, 5.41) is 2.68. The summed E-state index contributed by atoms with van der Waals surface area (Å²) in [4.78, 5) is 25.7. The van der Waals surface area contributed by atoms with Gasteiger partial charge in [0.1, 0.15) is 5.69 Å². The fourth-order valence-corrected chi connectivity index (χ4v) is 2.77. The molecule has 1 amide bonds. The number of hydrogen-bond donors (Lipinski definition) is 2. The lowest BCUT2D eigenvalue weighted by Crippen LogP contribution is -2.33. The van der Waals surface area contributed by atoms with E-state index >= 15 is 0 Å². The van der Waals surface area contributed by atoms with E-state index in [0.717, 1.165) is 6.26 Å². The van der Waals surface area contributed by atoms with Crippen LogP contribution in [0.5, 0.6) is 0 Å². The number of amides is 1. The zero-order valence-corrected chi connectivity index (χ0v) is 13.3. The highest BCUT2D eigenvalue weighted by Crippen LogP contribution is 2.04. The van der Waals surface area contributed by atoms with Crippen LogP contribution in [0, 0.1) is 0 Å². The Morgan fingerprint density at radius 2 is 2.05 bits per heavy atom. The van der Waals surface area contributed by atoms with Crippen LogP contribution in [0.3, 0.4) is 0 Å². The molecule has 0 bridgehead atoms. The van der Waals surface area contributed by atoms with Crippen LogP contribution < -0.4 is 5.32 Å². The van der Waals surface area contributed by atoms with Crippen molar-refractivity contribution < 1.29 is 18.0 Å². The summed E-state index contributed by atoms with van der Waals surface area (Å²) in [5.41, 5.74) is 0.769. The second kappa shape index (κ2) is 7.37. The summed E-state index contributed by atoms with van der Waals surface area (Å²) in [6, 6.07) is 1.49. The third-order valence-corrected chi connectivity index (χ3v) is 4.40. The number of hydrogen-bond acceptors (Lipinski definition) is 4. The molecule has 0 saturated heterocycles. The molecule has 0 aliphatic rings. The topological polar surface area (TPSA) is 99.3 Å². The van der Waals surface area contributed by atoms with Crippen molar-refractivity contribution in [3.8, 4) is 0 Å². The molecule has 0 spiro atoms. The van der Waals surface area contributed by atoms with Crippen molar-refractivity contribution in [2.24, 2.45) is 0 Å². The Balaban J connectivity index is 2.41. The highest BCUT2D eigenvalue weighted by molar-refractivity contribution is 7.88. The Kier molecular flexibility index (Phi) is 6.10. The van der Waals surface area contributed by atoms with Crippen LogP contribution in [0.1, 0.15) is 41.1 Å². The van der Waals surface area contributed by atoms with E-state index in [0.29, 0.717) is 37.3 Å². The first-order chi connectivity index (χ1) is 9.75. The van der Waals surface area contributed by atoms with Gasteiger partial charge in [-0.3, -0.25) is 9.59 Å². The van der Waals surface area contributed by atoms with Crippen LogP contribution in [-0.4, -0.2) is 55.3 Å². The molecule has 2 N–H and O–H groups in total. The Morgan fingerprint density at radius 1 is 1.38 bits per heavy atom. The number of aromatic nitrogens is 1. The molecule has 0 unspecified atom stereocenters. The fourth-order valence-electron chi connectivity index (χ4n) is 1.84. The summed E-state index contributed by atoms with van der Waals surface area (Å²) in [5.74, 6) is -0.429. The van der Waals surface area contributed by atoms with Crippen molar-refractivity contribution in [3.63, 3.8) is 0 Å². The number of nitrogens with zero attached hydrogens (tertiary/aromatic N) is 1. The molecule has 0 fully saturated rings. The van der Waals surface area contributed by atoms with Crippen LogP contribution in [0.4, 0.5) is 0 Å². The number of rotatable bonds is 8. The minimum atomic E-state index is -3.20. The average molecular weight is 315 g/mol. The minimum Gasteiger partial charge on any atom is -0.356 e. The lowest BCUT2D eigenvalue weighted by Gasteiger charge is -2.17. The number of Topliss-reactive ketones (excluding diaryl/α,β-unsaturated/α-hetero) is 1. The van der Waals surface area contributed by atoms with Gasteiger partial charge in [0.2, 0.25) is 10.0 Å². The third-order valence-electron chi connectivity index (χ3n) is 3.03. The summed E-state index contributed by atoms with van der Waals surface area (Å²) in [7, 11) is -3.20. The molecule has 0 radical (unpaired) electrons. The van der Waals surface area contributed by atoms with E-state index in [4.69, 9.17) is 0 Å². The monoisotopic (exact) mass is 315 g/mol. The fraction of sp³-hybridized carbons (Fsp3) is 0.538. The normalized spacial score (nSPS) is 11.6. The van der Waals surface area contributed by atoms with Crippen molar-refractivity contribution >= 4 is 21.7 Å². The average Bonchev–Trinajstić information content (AvgIpc) is 2.86. The number of carbonyl (C=O) groups is 2. The highest BCUT2D eigenvalue weighted by Gasteiger charge is 2.14. The molecule has 1 heterocycles. The maximum absolute atomic E-state index is 11.8. The number of carbonyl (C=O) groups excluding carboxylic acids is 2. The second-order valence-corrected chi connectivity index (χ2v) is 6.70. The maximum Gasteiger partial charge on any atom is 0.267 e. The molecule has 0 aliphatic heterocycles. The van der Waals surface area contributed by atoms with Gasteiger partial charge < -0.3 is 10.3 Å². The first-order valence-corrected chi connectivity index (χ1v) is 8.53. The van der Waals surface area contributed by atoms with Crippen molar-refractivity contribution in [1.29, 1.82) is 0 Å². The van der Waals surface area contributed by atoms with E-state index in [1.807, 2.05) is 0 Å². The molecule has 0 aliphatic carbocycles. The van der Waals surface area contributed by atoms with E-state index in [9.17, 15) is 18.0 Å². The SMILES string of the molecule is CCN(CCCNC(=O)c1cc(C(C)=O)c[nH]1)S(C)(=O)=O. The van der Waals surface area contributed by atoms with Gasteiger partial charge in [0, 0.05) is 31.4 Å². The third kappa shape index (κ3) is 5.31. The predicted octanol–water partition coefficient (Wildman–Crippen LogP) is 0.619. The van der Waals surface area contributed by atoms with Crippen LogP contribution >= 0.6 is 0 Å². The first-order valence-electron chi connectivity index (χ1n) is 6.68. The van der Waals surface area contributed by atoms with Gasteiger partial charge in [-0.25, -0.2) is 12.7 Å². The molecule has 21 heavy (non-hydrogen) atoms. The second-order valence-electron chi connectivity index (χ2n) is 4.72. The van der Waals surface area contributed by atoms with Gasteiger partial charge in [0.15, 0.2) is 5.78 Å². The molecule has 7 nitrogen and oxygen atoms in total. The van der Waals surface area contributed by atoms with Crippen molar-refractivity contribution in [2.45, 2.75) is 20.3 Å². The van der Waals surface area contributed by atoms with Gasteiger partial charge >= 0.3 is 0 Å². The molecule has 1 rings (SSSR count). The lowest BCUT2D eigenvalue weighted by molar-refractivity contribution is 0.0948. The molecular weight excluding hydrogens is 294 g/mol. The van der Waals surface area contributed by atoms with Crippen LogP contribution in [0.15, 0.2) is 12.3 Å². The van der Waals surface area contributed by atoms with E-state index in [2.05, 4.69) is 10.3 Å². The Labute approximate surface area is 124 Å². The summed E-state index contributed by atoms with van der Waals surface area (Å²) in [6.07, 6.45) is 3.17. The zero-order chi connectivity index (χ0) is 16.0. The Morgan fingerprint density at radius 3 is 2.52 bits per heavy atom. The number of sulfonamides is 1. The lowest BCUT2D eigenvalue weighted by atomic mass is 10.2. The summed E-state index contributed by atoms with van der Waals surface area (Å²) in [6.45, 7) is 4.32. The number of H-pyrrole nitrogens is 1. The molecule has 1 aromatic heterocycles. The summed E-state index contributed by atoms with van der Waals surface area (Å²) < 4.78 is 24.1. The highest BCUT2D eigenvalue weighted by atomic mass is 32.2. The largest absolute Gasteiger partial charge is 0.356 e. The van der Waals surface area contributed by atoms with Crippen LogP contribution in [-0.2, 0) is 10.0 Å². The van der Waals surface area contributed by atoms with Crippen molar-refractivity contribution in [3.05, 3.63) is 23.5 Å². The predicted molar refractivity (Wildman–Crippen MR) is 79.8 cm³/mol. The molecular formula is C13H21N3O4S. The maximum atomic E-state index is 11.8. The minimum absolute atomic E-state index is 0.114. The van der Waals surface area contributed by atoms with Gasteiger partial charge in [0.25, 0.3) is 5.91 Å². The Bertz CT molecular complexity index is 607. The zero-order valence-electron chi connectivity index (χ0n) is 12.5. The van der Waals surface area contributed by atoms with E-state index in [-0.39, 0.29) is 11.7 Å². The smallest absolute Gasteiger partial charge is 0.267 e. The molecule has 0 saturated carbocycles. The van der Waals surface area contributed by atoms with Gasteiger partial charge in [-0.05, 0) is 19.4 Å². The summed E-state index contributed by atoms with van der Waals surface area (Å²) >= 11 is 0. The number of ketones is 1.